The van der Waals surface area contributed by atoms with Crippen molar-refractivity contribution >= 4 is 39.8 Å². The van der Waals surface area contributed by atoms with E-state index in [-0.39, 0.29) is 24.0 Å². The molecule has 0 radical (unpaired) electrons. The lowest BCUT2D eigenvalue weighted by Crippen LogP contribution is -2.53. The molecule has 0 bridgehead atoms. The first-order valence-electron chi connectivity index (χ1n) is 9.60. The van der Waals surface area contributed by atoms with Crippen molar-refractivity contribution in [2.45, 2.75) is 63.8 Å². The first-order chi connectivity index (χ1) is 12.1. The summed E-state index contributed by atoms with van der Waals surface area (Å²) in [7, 11) is -1.47. The largest absolute Gasteiger partial charge is 0.381 e. The molecule has 162 valence electrons. The van der Waals surface area contributed by atoms with Crippen molar-refractivity contribution in [2.75, 3.05) is 46.2 Å². The van der Waals surface area contributed by atoms with Crippen LogP contribution in [0.4, 0.5) is 0 Å². The fourth-order valence-corrected chi connectivity index (χ4v) is 4.71. The number of nitrogens with zero attached hydrogens (tertiary/aromatic N) is 2. The zero-order valence-corrected chi connectivity index (χ0v) is 20.9. The zero-order chi connectivity index (χ0) is 19.8. The van der Waals surface area contributed by atoms with Gasteiger partial charge in [0.15, 0.2) is 15.8 Å². The van der Waals surface area contributed by atoms with Crippen LogP contribution in [-0.4, -0.2) is 82.3 Å². The second kappa shape index (κ2) is 12.4. The predicted octanol–water partition coefficient (Wildman–Crippen LogP) is 1.87. The molecule has 2 N–H and O–H groups in total. The fourth-order valence-electron chi connectivity index (χ4n) is 3.47. The van der Waals surface area contributed by atoms with E-state index >= 15 is 0 Å². The van der Waals surface area contributed by atoms with Crippen molar-refractivity contribution in [1.29, 1.82) is 0 Å². The zero-order valence-electron chi connectivity index (χ0n) is 17.7. The molecule has 1 rings (SSSR count). The molecule has 9 heteroatoms. The number of hydrogen-bond acceptors (Lipinski definition) is 5. The molecule has 1 heterocycles. The molecule has 0 aromatic heterocycles. The molecule has 0 atom stereocenters. The summed E-state index contributed by atoms with van der Waals surface area (Å²) in [6, 6.07) is 1.05. The highest BCUT2D eigenvalue weighted by atomic mass is 127. The molecular weight excluding hydrogens is 479 g/mol. The molecule has 27 heavy (non-hydrogen) atoms. The van der Waals surface area contributed by atoms with E-state index in [2.05, 4.69) is 48.2 Å². The Morgan fingerprint density at radius 1 is 1.15 bits per heavy atom. The van der Waals surface area contributed by atoms with Gasteiger partial charge in [-0.1, -0.05) is 0 Å². The molecule has 7 nitrogen and oxygen atoms in total. The Bertz CT molecular complexity index is 539. The average molecular weight is 519 g/mol. The van der Waals surface area contributed by atoms with Crippen molar-refractivity contribution in [3.05, 3.63) is 0 Å². The van der Waals surface area contributed by atoms with Crippen molar-refractivity contribution in [3.63, 3.8) is 0 Å². The van der Waals surface area contributed by atoms with Crippen molar-refractivity contribution in [1.82, 2.24) is 15.5 Å². The maximum absolute atomic E-state index is 12.3. The standard InChI is InChI=1S/C18H38N4O3S.HI/c1-15(2)22(16(3)4)11-7-10-20-17(19-5)21-14-18(26(6,23)24)8-12-25-13-9-18;/h15-16H,7-14H2,1-6H3,(H2,19,20,21);1H. The lowest BCUT2D eigenvalue weighted by molar-refractivity contribution is 0.0756. The van der Waals surface area contributed by atoms with Crippen molar-refractivity contribution in [2.24, 2.45) is 4.99 Å². The SMILES string of the molecule is CN=C(NCCCN(C(C)C)C(C)C)NCC1(S(C)(=O)=O)CCOCC1.I. The van der Waals surface area contributed by atoms with Gasteiger partial charge in [-0.2, -0.15) is 0 Å². The van der Waals surface area contributed by atoms with Crippen LogP contribution in [0.15, 0.2) is 4.99 Å². The van der Waals surface area contributed by atoms with Crippen LogP contribution in [0, 0.1) is 0 Å². The Balaban J connectivity index is 0.00000676. The second-order valence-electron chi connectivity index (χ2n) is 7.70. The van der Waals surface area contributed by atoms with Gasteiger partial charge in [-0.25, -0.2) is 8.42 Å². The normalized spacial score (nSPS) is 17.9. The summed E-state index contributed by atoms with van der Waals surface area (Å²) in [6.07, 6.45) is 3.37. The van der Waals surface area contributed by atoms with Gasteiger partial charge in [-0.05, 0) is 47.0 Å². The highest BCUT2D eigenvalue weighted by Gasteiger charge is 2.42. The molecule has 0 amide bonds. The maximum Gasteiger partial charge on any atom is 0.191 e. The third-order valence-corrected chi connectivity index (χ3v) is 7.33. The third kappa shape index (κ3) is 8.41. The lowest BCUT2D eigenvalue weighted by Gasteiger charge is -2.35. The molecule has 0 saturated carbocycles. The quantitative estimate of drug-likeness (QED) is 0.210. The Morgan fingerprint density at radius 2 is 1.70 bits per heavy atom. The third-order valence-electron chi connectivity index (χ3n) is 5.20. The van der Waals surface area contributed by atoms with E-state index in [1.54, 1.807) is 7.05 Å². The highest BCUT2D eigenvalue weighted by molar-refractivity contribution is 14.0. The van der Waals surface area contributed by atoms with Crippen LogP contribution in [0.1, 0.15) is 47.0 Å². The minimum atomic E-state index is -3.18. The molecular formula is C18H39IN4O3S. The van der Waals surface area contributed by atoms with Crippen LogP contribution in [0.25, 0.3) is 0 Å². The molecule has 1 aliphatic rings. The van der Waals surface area contributed by atoms with Gasteiger partial charge >= 0.3 is 0 Å². The van der Waals surface area contributed by atoms with Gasteiger partial charge in [0.25, 0.3) is 0 Å². The maximum atomic E-state index is 12.3. The van der Waals surface area contributed by atoms with Gasteiger partial charge in [0.05, 0.1) is 4.75 Å². The van der Waals surface area contributed by atoms with E-state index in [0.29, 0.717) is 50.6 Å². The van der Waals surface area contributed by atoms with Crippen molar-refractivity contribution in [3.8, 4) is 0 Å². The summed E-state index contributed by atoms with van der Waals surface area (Å²) < 4.78 is 29.2. The Morgan fingerprint density at radius 3 is 2.15 bits per heavy atom. The van der Waals surface area contributed by atoms with E-state index in [0.717, 1.165) is 19.5 Å². The molecule has 1 aliphatic heterocycles. The van der Waals surface area contributed by atoms with E-state index < -0.39 is 14.6 Å². The van der Waals surface area contributed by atoms with Crippen LogP contribution in [-0.2, 0) is 14.6 Å². The molecule has 1 saturated heterocycles. The predicted molar refractivity (Wildman–Crippen MR) is 124 cm³/mol. The molecule has 0 aromatic carbocycles. The highest BCUT2D eigenvalue weighted by Crippen LogP contribution is 2.28. The van der Waals surface area contributed by atoms with Gasteiger partial charge in [0, 0.05) is 58.2 Å². The van der Waals surface area contributed by atoms with Crippen molar-refractivity contribution < 1.29 is 13.2 Å². The van der Waals surface area contributed by atoms with E-state index in [9.17, 15) is 8.42 Å². The van der Waals surface area contributed by atoms with Crippen LogP contribution in [0.3, 0.4) is 0 Å². The first kappa shape index (κ1) is 26.9. The molecule has 0 spiro atoms. The van der Waals surface area contributed by atoms with Gasteiger partial charge in [-0.15, -0.1) is 24.0 Å². The monoisotopic (exact) mass is 518 g/mol. The summed E-state index contributed by atoms with van der Waals surface area (Å²) in [4.78, 5) is 6.68. The van der Waals surface area contributed by atoms with Crippen LogP contribution in [0.2, 0.25) is 0 Å². The molecule has 0 aromatic rings. The van der Waals surface area contributed by atoms with E-state index in [1.807, 2.05) is 0 Å². The molecule has 0 unspecified atom stereocenters. The van der Waals surface area contributed by atoms with E-state index in [4.69, 9.17) is 4.74 Å². The fraction of sp³-hybridized carbons (Fsp3) is 0.944. The number of hydrogen-bond donors (Lipinski definition) is 2. The van der Waals surface area contributed by atoms with Gasteiger partial charge in [0.2, 0.25) is 0 Å². The van der Waals surface area contributed by atoms with Crippen LogP contribution >= 0.6 is 24.0 Å². The topological polar surface area (TPSA) is 83.0 Å². The van der Waals surface area contributed by atoms with Gasteiger partial charge < -0.3 is 15.4 Å². The Kier molecular flexibility index (Phi) is 12.4. The summed E-state index contributed by atoms with van der Waals surface area (Å²) in [5, 5.41) is 6.51. The summed E-state index contributed by atoms with van der Waals surface area (Å²) in [5.74, 6) is 0.653. The number of ether oxygens (including phenoxy) is 1. The number of aliphatic imine (C=N–C) groups is 1. The van der Waals surface area contributed by atoms with E-state index in [1.165, 1.54) is 6.26 Å². The Labute approximate surface area is 183 Å². The smallest absolute Gasteiger partial charge is 0.191 e. The number of nitrogens with one attached hydrogen (secondary N) is 2. The van der Waals surface area contributed by atoms with Gasteiger partial charge in [-0.3, -0.25) is 9.89 Å². The summed E-state index contributed by atoms with van der Waals surface area (Å²) in [6.45, 7) is 12.0. The number of sulfone groups is 1. The van der Waals surface area contributed by atoms with Crippen LogP contribution in [0.5, 0.6) is 0 Å². The summed E-state index contributed by atoms with van der Waals surface area (Å²) in [5.41, 5.74) is 0. The molecule has 0 aliphatic carbocycles. The molecule has 1 fully saturated rings. The Hall–Kier alpha value is -0.130. The number of guanidine groups is 1. The minimum absolute atomic E-state index is 0. The average Bonchev–Trinajstić information content (AvgIpc) is 2.56. The van der Waals surface area contributed by atoms with Crippen LogP contribution < -0.4 is 10.6 Å². The second-order valence-corrected chi connectivity index (χ2v) is 10.1. The summed E-state index contributed by atoms with van der Waals surface area (Å²) >= 11 is 0. The minimum Gasteiger partial charge on any atom is -0.381 e. The number of halogens is 1. The van der Waals surface area contributed by atoms with Gasteiger partial charge in [0.1, 0.15) is 0 Å². The number of rotatable bonds is 9. The lowest BCUT2D eigenvalue weighted by atomic mass is 9.99. The first-order valence-corrected chi connectivity index (χ1v) is 11.5.